The van der Waals surface area contributed by atoms with Crippen molar-refractivity contribution in [2.45, 2.75) is 72.0 Å². The summed E-state index contributed by atoms with van der Waals surface area (Å²) in [4.78, 5) is 36.0. The second kappa shape index (κ2) is 22.0. The predicted molar refractivity (Wildman–Crippen MR) is 278 cm³/mol. The third kappa shape index (κ3) is 13.4. The summed E-state index contributed by atoms with van der Waals surface area (Å²) in [7, 11) is -18.1. The molecule has 2 amide bonds. The number of hydrogen-bond acceptors (Lipinski definition) is 18. The fraction of sp³-hybridized carbons (Fsp3) is 0.283. The molecule has 24 nitrogen and oxygen atoms in total. The predicted octanol–water partition coefficient (Wildman–Crippen LogP) is 4.50. The molecule has 2 aliphatic heterocycles. The van der Waals surface area contributed by atoms with Crippen LogP contribution in [0, 0.1) is 0 Å². The molecule has 0 radical (unpaired) electrons. The van der Waals surface area contributed by atoms with Crippen LogP contribution < -0.4 is 15.5 Å². The number of carbonyl (C=O) groups is 2. The minimum atomic E-state index is -4.65. The van der Waals surface area contributed by atoms with E-state index in [2.05, 4.69) is 30.8 Å². The van der Waals surface area contributed by atoms with Crippen molar-refractivity contribution in [2.24, 2.45) is 0 Å². The molecule has 30 heteroatoms. The van der Waals surface area contributed by atoms with Crippen molar-refractivity contribution in [3.8, 4) is 0 Å². The van der Waals surface area contributed by atoms with Gasteiger partial charge in [-0.15, -0.1) is 10.2 Å². The third-order valence-electron chi connectivity index (χ3n) is 12.3. The van der Waals surface area contributed by atoms with Crippen LogP contribution in [-0.2, 0) is 68.9 Å². The Morgan fingerprint density at radius 2 is 1.39 bits per heavy atom. The van der Waals surface area contributed by atoms with E-state index in [1.165, 1.54) is 67.0 Å². The summed E-state index contributed by atoms with van der Waals surface area (Å²) >= 11 is -1.97. The second-order valence-corrected chi connectivity index (χ2v) is 26.3. The molecule has 1 atom stereocenters. The summed E-state index contributed by atoms with van der Waals surface area (Å²) in [5.41, 5.74) is 2.16. The Hall–Kier alpha value is -6.32. The van der Waals surface area contributed by atoms with Crippen LogP contribution in [0.25, 0.3) is 5.57 Å². The van der Waals surface area contributed by atoms with Gasteiger partial charge in [0.05, 0.1) is 55.8 Å². The van der Waals surface area contributed by atoms with Gasteiger partial charge >= 0.3 is 0 Å². The lowest BCUT2D eigenvalue weighted by atomic mass is 9.81. The van der Waals surface area contributed by atoms with Gasteiger partial charge in [0, 0.05) is 76.5 Å². The third-order valence-corrected chi connectivity index (χ3v) is 17.3. The van der Waals surface area contributed by atoms with E-state index >= 15 is 0 Å². The Kier molecular flexibility index (Phi) is 16.6. The van der Waals surface area contributed by atoms with Gasteiger partial charge < -0.3 is 14.8 Å². The van der Waals surface area contributed by atoms with Crippen molar-refractivity contribution in [3.05, 3.63) is 137 Å². The molecular weight excluding hydrogens is 1110 g/mol. The van der Waals surface area contributed by atoms with Crippen molar-refractivity contribution in [3.63, 3.8) is 0 Å². The van der Waals surface area contributed by atoms with Crippen LogP contribution in [0.1, 0.15) is 83.8 Å². The molecule has 2 aromatic carbocycles. The zero-order valence-corrected chi connectivity index (χ0v) is 45.4. The molecule has 76 heavy (non-hydrogen) atoms. The molecule has 6 N–H and O–H groups in total. The molecule has 0 saturated carbocycles. The Labute approximate surface area is 443 Å². The maximum Gasteiger partial charge on any atom is 0.294 e. The van der Waals surface area contributed by atoms with E-state index < -0.39 is 85.7 Å². The van der Waals surface area contributed by atoms with Crippen LogP contribution in [0.2, 0.25) is 0 Å². The Bertz CT molecular complexity index is 3760. The van der Waals surface area contributed by atoms with Gasteiger partial charge in [0.1, 0.15) is 6.54 Å². The summed E-state index contributed by atoms with van der Waals surface area (Å²) < 4.78 is 159. The summed E-state index contributed by atoms with van der Waals surface area (Å²) in [6, 6.07) is 13.9. The number of fused-ring (bicyclic) bond motifs is 2. The standard InChI is InChI=1S/C46H48N8O16S6/c1-45(2)34-23-32(75(65,66)67)12-15-37(34)53(19-5-21-73(59,60)61)39(45)17-9-28(10-18-40-46(3,4)35-24-33(76(68,69)70)13-16-38(35)54(40)20-6-22-74(62,63)64)36-14-8-29(26-48-36)41(55)49-27-31-11-7-30(25-47-31)42(56)50-43-51-52-44(71-43)72(57)58/h7-18,23-26H,5-6,19-22,27H2,1-4H3,(H6-,49,50,51,55,56,57,58,59,60,61,62,63,64,65,66,67,68,69,70). The van der Waals surface area contributed by atoms with Crippen LogP contribution in [0.3, 0.4) is 0 Å². The lowest BCUT2D eigenvalue weighted by Gasteiger charge is -2.27. The number of amides is 2. The zero-order chi connectivity index (χ0) is 55.8. The van der Waals surface area contributed by atoms with Crippen LogP contribution in [0.5, 0.6) is 0 Å². The van der Waals surface area contributed by atoms with Crippen LogP contribution in [0.15, 0.2) is 117 Å². The molecule has 0 fully saturated rings. The van der Waals surface area contributed by atoms with Crippen molar-refractivity contribution in [2.75, 3.05) is 34.8 Å². The quantitative estimate of drug-likeness (QED) is 0.0205. The number of benzene rings is 2. The van der Waals surface area contributed by atoms with Crippen LogP contribution in [0.4, 0.5) is 16.5 Å². The summed E-state index contributed by atoms with van der Waals surface area (Å²) in [6.45, 7) is 7.10. The van der Waals surface area contributed by atoms with E-state index in [0.717, 1.165) is 0 Å². The molecule has 5 heterocycles. The van der Waals surface area contributed by atoms with Gasteiger partial charge in [-0.2, -0.15) is 38.2 Å². The van der Waals surface area contributed by atoms with Gasteiger partial charge in [-0.05, 0) is 92.6 Å². The highest BCUT2D eigenvalue weighted by Crippen LogP contribution is 2.49. The van der Waals surface area contributed by atoms with E-state index in [9.17, 15) is 70.2 Å². The van der Waals surface area contributed by atoms with Gasteiger partial charge in [-0.3, -0.25) is 47.3 Å². The average Bonchev–Trinajstić information content (AvgIpc) is 3.97. The first kappa shape index (κ1) is 57.4. The lowest BCUT2D eigenvalue weighted by molar-refractivity contribution is -0.437. The molecule has 404 valence electrons. The zero-order valence-electron chi connectivity index (χ0n) is 40.5. The van der Waals surface area contributed by atoms with Gasteiger partial charge in [-0.25, -0.2) is 0 Å². The number of pyridine rings is 2. The lowest BCUT2D eigenvalue weighted by Crippen LogP contribution is -2.28. The summed E-state index contributed by atoms with van der Waals surface area (Å²) in [6.07, 6.45) is 9.13. The normalized spacial score (nSPS) is 16.5. The van der Waals surface area contributed by atoms with E-state index in [-0.39, 0.29) is 68.6 Å². The molecule has 7 rings (SSSR count). The molecule has 3 aromatic heterocycles. The number of nitrogens with zero attached hydrogens (tertiary/aromatic N) is 6. The van der Waals surface area contributed by atoms with Crippen molar-refractivity contribution in [1.29, 1.82) is 0 Å². The molecule has 0 bridgehead atoms. The monoisotopic (exact) mass is 1160 g/mol. The Morgan fingerprint density at radius 1 is 0.776 bits per heavy atom. The van der Waals surface area contributed by atoms with Gasteiger partial charge in [-0.1, -0.05) is 31.3 Å². The van der Waals surface area contributed by atoms with E-state index in [1.807, 2.05) is 0 Å². The summed E-state index contributed by atoms with van der Waals surface area (Å²) in [5, 5.41) is 12.2. The Balaban J connectivity index is 1.25. The SMILES string of the molecule is CC1(C)C(/C=C/C(=C/C=C2/N(CCCS(=O)(=O)O)c3ccc(S(=O)(=O)O)cc3C2(C)C)c2ccc(C(=O)NCc3ccc(C(=O)Nc4nnc(S(=O)[O-])s4)cn3)cn2)=[N+](CCCS(=O)(=O)O)c2ccc(S(=O)(=O)O)cc21. The average molecular weight is 1160 g/mol. The number of hydrogen-bond donors (Lipinski definition) is 6. The van der Waals surface area contributed by atoms with Crippen LogP contribution in [-0.4, -0.2) is 128 Å². The first-order valence-corrected chi connectivity index (χ1v) is 30.4. The van der Waals surface area contributed by atoms with Crippen molar-refractivity contribution in [1.82, 2.24) is 25.5 Å². The van der Waals surface area contributed by atoms with Gasteiger partial charge in [0.15, 0.2) is 10.1 Å². The highest BCUT2D eigenvalue weighted by Gasteiger charge is 2.45. The molecule has 0 aliphatic carbocycles. The minimum absolute atomic E-state index is 0.0268. The fourth-order valence-electron chi connectivity index (χ4n) is 8.62. The Morgan fingerprint density at radius 3 is 1.99 bits per heavy atom. The van der Waals surface area contributed by atoms with Gasteiger partial charge in [0.25, 0.3) is 52.3 Å². The topological polar surface area (TPSA) is 374 Å². The van der Waals surface area contributed by atoms with E-state index in [4.69, 9.17) is 0 Å². The molecule has 0 spiro atoms. The largest absolute Gasteiger partial charge is 0.767 e. The molecule has 0 saturated heterocycles. The first-order valence-electron chi connectivity index (χ1n) is 22.4. The molecule has 1 unspecified atom stereocenters. The number of allylic oxidation sites excluding steroid dienone is 6. The molecule has 2 aliphatic rings. The van der Waals surface area contributed by atoms with Crippen molar-refractivity contribution >= 4 is 102 Å². The fourth-order valence-corrected chi connectivity index (χ4v) is 11.7. The smallest absolute Gasteiger partial charge is 0.294 e. The second-order valence-electron chi connectivity index (χ2n) is 18.2. The first-order chi connectivity index (χ1) is 35.3. The van der Waals surface area contributed by atoms with E-state index in [1.54, 1.807) is 67.5 Å². The van der Waals surface area contributed by atoms with Crippen molar-refractivity contribution < 1.29 is 74.8 Å². The number of rotatable bonds is 20. The number of nitrogens with one attached hydrogen (secondary N) is 2. The minimum Gasteiger partial charge on any atom is -0.767 e. The molecular formula is C46H48N8O16S6. The number of aromatic nitrogens is 4. The van der Waals surface area contributed by atoms with E-state index in [0.29, 0.717) is 56.5 Å². The summed E-state index contributed by atoms with van der Waals surface area (Å²) in [5.74, 6) is -2.39. The molecule has 5 aromatic rings. The van der Waals surface area contributed by atoms with Crippen LogP contribution >= 0.6 is 11.3 Å². The highest BCUT2D eigenvalue weighted by atomic mass is 32.2. The number of anilines is 2. The van der Waals surface area contributed by atoms with Gasteiger partial charge in [0.2, 0.25) is 10.8 Å². The maximum atomic E-state index is 13.5. The maximum absolute atomic E-state index is 13.5. The highest BCUT2D eigenvalue weighted by molar-refractivity contribution is 7.86. The number of carbonyl (C=O) groups excluding carboxylic acids is 2.